The first-order chi connectivity index (χ1) is 12.2. The Morgan fingerprint density at radius 1 is 1.00 bits per heavy atom. The van der Waals surface area contributed by atoms with Crippen molar-refractivity contribution in [2.24, 2.45) is 7.05 Å². The van der Waals surface area contributed by atoms with Gasteiger partial charge in [0.15, 0.2) is 0 Å². The smallest absolute Gasteiger partial charge is 0.286 e. The van der Waals surface area contributed by atoms with Crippen LogP contribution in [0.15, 0.2) is 65.5 Å². The number of pyridine rings is 1. The molecule has 25 heavy (non-hydrogen) atoms. The molecule has 0 saturated carbocycles. The zero-order chi connectivity index (χ0) is 17.0. The number of aryl methyl sites for hydroxylation is 2. The summed E-state index contributed by atoms with van der Waals surface area (Å²) >= 11 is 0. The molecule has 5 aromatic rings. The van der Waals surface area contributed by atoms with Crippen LogP contribution >= 0.6 is 0 Å². The number of aromatic nitrogens is 3. The van der Waals surface area contributed by atoms with Gasteiger partial charge in [-0.15, -0.1) is 0 Å². The van der Waals surface area contributed by atoms with Crippen LogP contribution in [-0.4, -0.2) is 9.97 Å². The van der Waals surface area contributed by atoms with Gasteiger partial charge in [-0.3, -0.25) is 0 Å². The number of furan rings is 1. The lowest BCUT2D eigenvalue weighted by atomic mass is 10.0. The summed E-state index contributed by atoms with van der Waals surface area (Å²) in [6, 6.07) is 16.6. The highest BCUT2D eigenvalue weighted by Gasteiger charge is 2.19. The van der Waals surface area contributed by atoms with Crippen molar-refractivity contribution < 1.29 is 8.98 Å². The van der Waals surface area contributed by atoms with E-state index >= 15 is 0 Å². The van der Waals surface area contributed by atoms with E-state index in [4.69, 9.17) is 9.40 Å². The van der Waals surface area contributed by atoms with Gasteiger partial charge < -0.3 is 4.42 Å². The van der Waals surface area contributed by atoms with Crippen molar-refractivity contribution in [3.63, 3.8) is 0 Å². The second kappa shape index (κ2) is 5.11. The SMILES string of the molecule is Cc1ccc2c(oc3nc4ccccc4cc32)c1-c1ccnc[n+]1C. The Labute approximate surface area is 144 Å². The van der Waals surface area contributed by atoms with Crippen molar-refractivity contribution in [3.05, 3.63) is 66.6 Å². The number of hydrogen-bond acceptors (Lipinski definition) is 3. The Bertz CT molecular complexity index is 1270. The quantitative estimate of drug-likeness (QED) is 0.431. The fraction of sp³-hybridized carbons (Fsp3) is 0.0952. The summed E-state index contributed by atoms with van der Waals surface area (Å²) in [5.74, 6) is 0. The molecule has 0 aliphatic carbocycles. The van der Waals surface area contributed by atoms with E-state index < -0.39 is 0 Å². The lowest BCUT2D eigenvalue weighted by Crippen LogP contribution is -2.31. The second-order valence-corrected chi connectivity index (χ2v) is 6.35. The normalized spacial score (nSPS) is 11.6. The van der Waals surface area contributed by atoms with Gasteiger partial charge in [-0.1, -0.05) is 35.3 Å². The molecule has 0 radical (unpaired) electrons. The molecule has 0 atom stereocenters. The molecule has 0 fully saturated rings. The van der Waals surface area contributed by atoms with Crippen LogP contribution in [0.3, 0.4) is 0 Å². The third-order valence-corrected chi connectivity index (χ3v) is 4.74. The summed E-state index contributed by atoms with van der Waals surface area (Å²) in [6.45, 7) is 2.10. The van der Waals surface area contributed by atoms with E-state index in [1.807, 2.05) is 48.4 Å². The van der Waals surface area contributed by atoms with Crippen LogP contribution in [0.1, 0.15) is 5.56 Å². The molecule has 120 valence electrons. The molecule has 0 aliphatic rings. The minimum atomic E-state index is 0.678. The highest BCUT2D eigenvalue weighted by Crippen LogP contribution is 2.37. The summed E-state index contributed by atoms with van der Waals surface area (Å²) in [5.41, 5.74) is 5.82. The van der Waals surface area contributed by atoms with E-state index in [1.54, 1.807) is 0 Å². The molecule has 4 nitrogen and oxygen atoms in total. The van der Waals surface area contributed by atoms with Crippen LogP contribution in [0.4, 0.5) is 0 Å². The fourth-order valence-electron chi connectivity index (χ4n) is 3.47. The Hall–Kier alpha value is -3.27. The molecule has 0 saturated heterocycles. The van der Waals surface area contributed by atoms with Crippen LogP contribution in [0.5, 0.6) is 0 Å². The number of rotatable bonds is 1. The minimum absolute atomic E-state index is 0.678. The molecular formula is C21H16N3O+. The molecule has 3 aromatic heterocycles. The molecule has 0 bridgehead atoms. The topological polar surface area (TPSA) is 42.8 Å². The van der Waals surface area contributed by atoms with E-state index in [9.17, 15) is 0 Å². The van der Waals surface area contributed by atoms with Crippen molar-refractivity contribution in [1.82, 2.24) is 9.97 Å². The molecule has 0 spiro atoms. The molecule has 0 N–H and O–H groups in total. The van der Waals surface area contributed by atoms with Gasteiger partial charge in [-0.25, -0.2) is 9.55 Å². The summed E-state index contributed by atoms with van der Waals surface area (Å²) in [4.78, 5) is 8.90. The summed E-state index contributed by atoms with van der Waals surface area (Å²) in [7, 11) is 2.00. The number of benzene rings is 2. The van der Waals surface area contributed by atoms with Gasteiger partial charge in [0.25, 0.3) is 6.33 Å². The Kier molecular flexibility index (Phi) is 2.88. The van der Waals surface area contributed by atoms with Crippen LogP contribution in [-0.2, 0) is 7.05 Å². The zero-order valence-corrected chi connectivity index (χ0v) is 14.0. The Balaban J connectivity index is 1.94. The van der Waals surface area contributed by atoms with Crippen LogP contribution in [0.25, 0.3) is 44.2 Å². The van der Waals surface area contributed by atoms with E-state index in [0.29, 0.717) is 5.71 Å². The van der Waals surface area contributed by atoms with Gasteiger partial charge in [0.05, 0.1) is 18.1 Å². The average molecular weight is 326 g/mol. The van der Waals surface area contributed by atoms with Crippen molar-refractivity contribution in [1.29, 1.82) is 0 Å². The van der Waals surface area contributed by atoms with Gasteiger partial charge >= 0.3 is 0 Å². The van der Waals surface area contributed by atoms with Crippen molar-refractivity contribution in [3.8, 4) is 11.3 Å². The highest BCUT2D eigenvalue weighted by atomic mass is 16.3. The molecule has 0 unspecified atom stereocenters. The minimum Gasteiger partial charge on any atom is -0.437 e. The van der Waals surface area contributed by atoms with Crippen LogP contribution in [0.2, 0.25) is 0 Å². The molecule has 0 amide bonds. The maximum Gasteiger partial charge on any atom is 0.286 e. The predicted octanol–water partition coefficient (Wildman–Crippen LogP) is 4.33. The predicted molar refractivity (Wildman–Crippen MR) is 98.2 cm³/mol. The molecule has 4 heteroatoms. The lowest BCUT2D eigenvalue weighted by molar-refractivity contribution is -0.663. The monoisotopic (exact) mass is 326 g/mol. The lowest BCUT2D eigenvalue weighted by Gasteiger charge is -2.06. The molecule has 0 aliphatic heterocycles. The summed E-state index contributed by atoms with van der Waals surface area (Å²) in [6.07, 6.45) is 3.62. The van der Waals surface area contributed by atoms with Crippen molar-refractivity contribution in [2.45, 2.75) is 6.92 Å². The van der Waals surface area contributed by atoms with Crippen LogP contribution < -0.4 is 4.57 Å². The largest absolute Gasteiger partial charge is 0.437 e. The third kappa shape index (κ3) is 2.04. The van der Waals surface area contributed by atoms with Crippen molar-refractivity contribution >= 4 is 33.0 Å². The standard InChI is InChI=1S/C21H16N3O/c1-13-7-8-15-16-11-14-5-3-4-6-17(14)23-21(16)25-20(15)19(13)18-9-10-22-12-24(18)2/h3-12H,1-2H3/q+1. The first kappa shape index (κ1) is 14.1. The number of para-hydroxylation sites is 1. The number of nitrogens with zero attached hydrogens (tertiary/aromatic N) is 3. The number of fused-ring (bicyclic) bond motifs is 4. The van der Waals surface area contributed by atoms with Gasteiger partial charge in [0.1, 0.15) is 17.5 Å². The molecule has 5 rings (SSSR count). The fourth-order valence-corrected chi connectivity index (χ4v) is 3.47. The highest BCUT2D eigenvalue weighted by molar-refractivity contribution is 6.11. The Morgan fingerprint density at radius 3 is 2.76 bits per heavy atom. The van der Waals surface area contributed by atoms with E-state index in [1.165, 1.54) is 0 Å². The van der Waals surface area contributed by atoms with Gasteiger partial charge in [-0.2, -0.15) is 0 Å². The third-order valence-electron chi connectivity index (χ3n) is 4.74. The average Bonchev–Trinajstić information content (AvgIpc) is 2.98. The Morgan fingerprint density at radius 2 is 1.88 bits per heavy atom. The first-order valence-electron chi connectivity index (χ1n) is 8.24. The van der Waals surface area contributed by atoms with Gasteiger partial charge in [-0.05, 0) is 24.6 Å². The van der Waals surface area contributed by atoms with E-state index in [0.717, 1.165) is 44.1 Å². The number of hydrogen-bond donors (Lipinski definition) is 0. The maximum absolute atomic E-state index is 6.24. The first-order valence-corrected chi connectivity index (χ1v) is 8.24. The maximum atomic E-state index is 6.24. The zero-order valence-electron chi connectivity index (χ0n) is 14.0. The molecule has 3 heterocycles. The van der Waals surface area contributed by atoms with Crippen molar-refractivity contribution in [2.75, 3.05) is 0 Å². The summed E-state index contributed by atoms with van der Waals surface area (Å²) < 4.78 is 8.25. The van der Waals surface area contributed by atoms with Gasteiger partial charge in [0.2, 0.25) is 5.71 Å². The van der Waals surface area contributed by atoms with E-state index in [2.05, 4.69) is 36.2 Å². The van der Waals surface area contributed by atoms with Crippen LogP contribution in [0, 0.1) is 6.92 Å². The second-order valence-electron chi connectivity index (χ2n) is 6.35. The van der Waals surface area contributed by atoms with Gasteiger partial charge in [0, 0.05) is 22.2 Å². The molecule has 2 aromatic carbocycles. The summed E-state index contributed by atoms with van der Waals surface area (Å²) in [5, 5.41) is 3.26. The van der Waals surface area contributed by atoms with E-state index in [-0.39, 0.29) is 0 Å². The molecular weight excluding hydrogens is 310 g/mol.